The van der Waals surface area contributed by atoms with Crippen LogP contribution in [0.25, 0.3) is 11.2 Å². The molecular formula is C18H20ClN5. The molecule has 3 aromatic rings. The SMILES string of the molecule is Clc1nn(Cc2cccc(CN3CCCCC3)c2)c2nccnc12. The van der Waals surface area contributed by atoms with Gasteiger partial charge in [0.05, 0.1) is 6.54 Å². The molecule has 3 heterocycles. The number of aromatic nitrogens is 4. The summed E-state index contributed by atoms with van der Waals surface area (Å²) in [6.07, 6.45) is 7.31. The normalized spacial score (nSPS) is 15.9. The molecule has 0 atom stereocenters. The molecule has 0 saturated carbocycles. The van der Waals surface area contributed by atoms with Crippen molar-refractivity contribution in [2.75, 3.05) is 13.1 Å². The Morgan fingerprint density at radius 1 is 0.958 bits per heavy atom. The summed E-state index contributed by atoms with van der Waals surface area (Å²) >= 11 is 6.16. The Morgan fingerprint density at radius 2 is 1.71 bits per heavy atom. The van der Waals surface area contributed by atoms with Gasteiger partial charge in [-0.2, -0.15) is 5.10 Å². The molecule has 0 spiro atoms. The first-order chi connectivity index (χ1) is 11.8. The predicted molar refractivity (Wildman–Crippen MR) is 95.0 cm³/mol. The largest absolute Gasteiger partial charge is 0.299 e. The molecule has 1 fully saturated rings. The van der Waals surface area contributed by atoms with E-state index in [0.29, 0.717) is 17.2 Å². The number of halogens is 1. The molecule has 0 amide bonds. The molecule has 5 nitrogen and oxygen atoms in total. The highest BCUT2D eigenvalue weighted by Crippen LogP contribution is 2.20. The molecule has 0 radical (unpaired) electrons. The second-order valence-corrected chi connectivity index (χ2v) is 6.69. The van der Waals surface area contributed by atoms with Gasteiger partial charge in [0.1, 0.15) is 5.52 Å². The van der Waals surface area contributed by atoms with E-state index in [1.807, 2.05) is 4.68 Å². The van der Waals surface area contributed by atoms with Gasteiger partial charge in [-0.25, -0.2) is 14.6 Å². The molecule has 124 valence electrons. The van der Waals surface area contributed by atoms with Crippen LogP contribution in [0.15, 0.2) is 36.7 Å². The van der Waals surface area contributed by atoms with Crippen molar-refractivity contribution in [1.82, 2.24) is 24.6 Å². The van der Waals surface area contributed by atoms with Gasteiger partial charge in [-0.1, -0.05) is 42.3 Å². The topological polar surface area (TPSA) is 46.8 Å². The summed E-state index contributed by atoms with van der Waals surface area (Å²) in [5.74, 6) is 0. The Bertz CT molecular complexity index is 838. The maximum atomic E-state index is 6.16. The summed E-state index contributed by atoms with van der Waals surface area (Å²) in [6.45, 7) is 4.09. The van der Waals surface area contributed by atoms with Crippen LogP contribution in [0.4, 0.5) is 0 Å². The van der Waals surface area contributed by atoms with Crippen LogP contribution in [-0.2, 0) is 13.1 Å². The number of hydrogen-bond donors (Lipinski definition) is 0. The first kappa shape index (κ1) is 15.5. The van der Waals surface area contributed by atoms with Gasteiger partial charge in [0.2, 0.25) is 0 Å². The maximum Gasteiger partial charge on any atom is 0.179 e. The lowest BCUT2D eigenvalue weighted by Crippen LogP contribution is -2.29. The highest BCUT2D eigenvalue weighted by Gasteiger charge is 2.13. The molecule has 1 aliphatic heterocycles. The van der Waals surface area contributed by atoms with Gasteiger partial charge >= 0.3 is 0 Å². The minimum Gasteiger partial charge on any atom is -0.299 e. The molecule has 2 aromatic heterocycles. The summed E-state index contributed by atoms with van der Waals surface area (Å²) in [6, 6.07) is 8.70. The second-order valence-electron chi connectivity index (χ2n) is 6.33. The lowest BCUT2D eigenvalue weighted by atomic mass is 10.1. The molecule has 4 rings (SSSR count). The van der Waals surface area contributed by atoms with Crippen molar-refractivity contribution in [1.29, 1.82) is 0 Å². The van der Waals surface area contributed by atoms with Crippen LogP contribution in [0, 0.1) is 0 Å². The smallest absolute Gasteiger partial charge is 0.179 e. The van der Waals surface area contributed by atoms with Crippen LogP contribution in [0.5, 0.6) is 0 Å². The molecule has 0 unspecified atom stereocenters. The second kappa shape index (κ2) is 6.87. The van der Waals surface area contributed by atoms with Crippen LogP contribution in [0.2, 0.25) is 5.15 Å². The fraction of sp³-hybridized carbons (Fsp3) is 0.389. The number of rotatable bonds is 4. The Labute approximate surface area is 146 Å². The van der Waals surface area contributed by atoms with Crippen LogP contribution in [0.1, 0.15) is 30.4 Å². The van der Waals surface area contributed by atoms with Crippen molar-refractivity contribution in [3.63, 3.8) is 0 Å². The average molecular weight is 342 g/mol. The van der Waals surface area contributed by atoms with Crippen molar-refractivity contribution in [3.05, 3.63) is 52.9 Å². The highest BCUT2D eigenvalue weighted by molar-refractivity contribution is 6.33. The first-order valence-electron chi connectivity index (χ1n) is 8.43. The van der Waals surface area contributed by atoms with Gasteiger partial charge in [-0.3, -0.25) is 4.90 Å². The van der Waals surface area contributed by atoms with Gasteiger partial charge in [-0.05, 0) is 37.1 Å². The monoisotopic (exact) mass is 341 g/mol. The van der Waals surface area contributed by atoms with E-state index >= 15 is 0 Å². The van der Waals surface area contributed by atoms with E-state index in [1.54, 1.807) is 12.4 Å². The van der Waals surface area contributed by atoms with Gasteiger partial charge in [0.15, 0.2) is 10.8 Å². The van der Waals surface area contributed by atoms with Crippen molar-refractivity contribution >= 4 is 22.8 Å². The summed E-state index contributed by atoms with van der Waals surface area (Å²) in [5, 5.41) is 4.78. The van der Waals surface area contributed by atoms with E-state index in [2.05, 4.69) is 44.2 Å². The zero-order chi connectivity index (χ0) is 16.4. The molecule has 6 heteroatoms. The average Bonchev–Trinajstić information content (AvgIpc) is 2.93. The number of nitrogens with zero attached hydrogens (tertiary/aromatic N) is 5. The van der Waals surface area contributed by atoms with Gasteiger partial charge in [0.25, 0.3) is 0 Å². The quantitative estimate of drug-likeness (QED) is 0.728. The molecule has 1 saturated heterocycles. The van der Waals surface area contributed by atoms with Crippen LogP contribution in [-0.4, -0.2) is 37.7 Å². The van der Waals surface area contributed by atoms with E-state index in [9.17, 15) is 0 Å². The van der Waals surface area contributed by atoms with E-state index in [-0.39, 0.29) is 0 Å². The standard InChI is InChI=1S/C18H20ClN5/c19-17-16-18(21-8-7-20-16)24(22-17)13-15-6-4-5-14(11-15)12-23-9-2-1-3-10-23/h4-8,11H,1-3,9-10,12-13H2. The molecule has 0 N–H and O–H groups in total. The minimum atomic E-state index is 0.405. The third kappa shape index (κ3) is 3.28. The van der Waals surface area contributed by atoms with Gasteiger partial charge < -0.3 is 0 Å². The third-order valence-corrected chi connectivity index (χ3v) is 4.76. The molecule has 0 bridgehead atoms. The lowest BCUT2D eigenvalue weighted by molar-refractivity contribution is 0.221. The van der Waals surface area contributed by atoms with Crippen molar-refractivity contribution in [3.8, 4) is 0 Å². The predicted octanol–water partition coefficient (Wildman–Crippen LogP) is 3.51. The number of hydrogen-bond acceptors (Lipinski definition) is 4. The van der Waals surface area contributed by atoms with E-state index in [0.717, 1.165) is 12.2 Å². The summed E-state index contributed by atoms with van der Waals surface area (Å²) in [5.41, 5.74) is 3.94. The van der Waals surface area contributed by atoms with Gasteiger partial charge in [-0.15, -0.1) is 0 Å². The van der Waals surface area contributed by atoms with E-state index < -0.39 is 0 Å². The van der Waals surface area contributed by atoms with Crippen molar-refractivity contribution in [2.45, 2.75) is 32.4 Å². The first-order valence-corrected chi connectivity index (χ1v) is 8.80. The third-order valence-electron chi connectivity index (χ3n) is 4.51. The number of likely N-dealkylation sites (tertiary alicyclic amines) is 1. The van der Waals surface area contributed by atoms with Crippen LogP contribution < -0.4 is 0 Å². The molecule has 1 aliphatic rings. The fourth-order valence-corrected chi connectivity index (χ4v) is 3.58. The Balaban J connectivity index is 1.54. The summed E-state index contributed by atoms with van der Waals surface area (Å²) in [7, 11) is 0. The fourth-order valence-electron chi connectivity index (χ4n) is 3.35. The van der Waals surface area contributed by atoms with E-state index in [1.165, 1.54) is 43.5 Å². The molecule has 1 aromatic carbocycles. The number of benzene rings is 1. The molecule has 0 aliphatic carbocycles. The van der Waals surface area contributed by atoms with Crippen LogP contribution >= 0.6 is 11.6 Å². The van der Waals surface area contributed by atoms with Crippen molar-refractivity contribution in [2.24, 2.45) is 0 Å². The lowest BCUT2D eigenvalue weighted by Gasteiger charge is -2.26. The van der Waals surface area contributed by atoms with Crippen molar-refractivity contribution < 1.29 is 0 Å². The Hall–Kier alpha value is -1.98. The minimum absolute atomic E-state index is 0.405. The van der Waals surface area contributed by atoms with Crippen LogP contribution in [0.3, 0.4) is 0 Å². The molecular weight excluding hydrogens is 322 g/mol. The summed E-state index contributed by atoms with van der Waals surface area (Å²) < 4.78 is 1.82. The Morgan fingerprint density at radius 3 is 2.54 bits per heavy atom. The highest BCUT2D eigenvalue weighted by atomic mass is 35.5. The zero-order valence-electron chi connectivity index (χ0n) is 13.5. The zero-order valence-corrected chi connectivity index (χ0v) is 14.3. The summed E-state index contributed by atoms with van der Waals surface area (Å²) in [4.78, 5) is 11.1. The van der Waals surface area contributed by atoms with E-state index in [4.69, 9.17) is 11.6 Å². The van der Waals surface area contributed by atoms with Gasteiger partial charge in [0, 0.05) is 18.9 Å². The number of fused-ring (bicyclic) bond motifs is 1. The maximum absolute atomic E-state index is 6.16. The number of piperidine rings is 1. The Kier molecular flexibility index (Phi) is 4.45. The molecule has 24 heavy (non-hydrogen) atoms.